The van der Waals surface area contributed by atoms with E-state index < -0.39 is 11.4 Å². The smallest absolute Gasteiger partial charge is 0.310 e. The van der Waals surface area contributed by atoms with Crippen molar-refractivity contribution >= 4 is 5.97 Å². The molecule has 2 rings (SSSR count). The van der Waals surface area contributed by atoms with Crippen molar-refractivity contribution in [2.45, 2.75) is 46.1 Å². The number of hydrogen-bond donors (Lipinski definition) is 2. The molecule has 3 nitrogen and oxygen atoms in total. The Morgan fingerprint density at radius 3 is 2.14 bits per heavy atom. The lowest BCUT2D eigenvalue weighted by atomic mass is 9.65. The topological polar surface area (TPSA) is 63.3 Å². The molecule has 0 aliphatic heterocycles. The molecule has 0 saturated heterocycles. The first-order valence-electron chi connectivity index (χ1n) is 5.27. The predicted octanol–water partition coefficient (Wildman–Crippen LogP) is 1.61. The molecule has 0 aromatic carbocycles. The molecule has 3 heteroatoms. The number of nitrogens with two attached hydrogens (primary N) is 1. The first-order valence-corrected chi connectivity index (χ1v) is 5.27. The van der Waals surface area contributed by atoms with Crippen molar-refractivity contribution in [3.05, 3.63) is 0 Å². The molecule has 2 aliphatic rings. The fourth-order valence-corrected chi connectivity index (χ4v) is 3.71. The Bertz CT molecular complexity index is 300. The second-order valence-corrected chi connectivity index (χ2v) is 5.74. The summed E-state index contributed by atoms with van der Waals surface area (Å²) in [4.78, 5) is 11.4. The highest BCUT2D eigenvalue weighted by Crippen LogP contribution is 2.71. The normalized spacial score (nSPS) is 49.6. The quantitative estimate of drug-likeness (QED) is 0.671. The van der Waals surface area contributed by atoms with Crippen LogP contribution in [0.3, 0.4) is 0 Å². The summed E-state index contributed by atoms with van der Waals surface area (Å²) in [5, 5.41) is 9.40. The van der Waals surface area contributed by atoms with Gasteiger partial charge in [0, 0.05) is 6.04 Å². The van der Waals surface area contributed by atoms with Crippen LogP contribution < -0.4 is 5.73 Å². The van der Waals surface area contributed by atoms with Crippen LogP contribution in [0.1, 0.15) is 40.0 Å². The third-order valence-corrected chi connectivity index (χ3v) is 5.49. The van der Waals surface area contributed by atoms with Gasteiger partial charge in [0.05, 0.1) is 5.41 Å². The van der Waals surface area contributed by atoms with Crippen molar-refractivity contribution in [1.82, 2.24) is 0 Å². The van der Waals surface area contributed by atoms with Crippen LogP contribution in [0.2, 0.25) is 0 Å². The standard InChI is InChI=1S/C11H19NO2/c1-9(2)10(3)4-5-11(9,8(13)14)6-7(10)12/h7H,4-6,12H2,1-3H3,(H,13,14). The number of fused-ring (bicyclic) bond motifs is 2. The maximum absolute atomic E-state index is 11.4. The van der Waals surface area contributed by atoms with E-state index in [0.29, 0.717) is 6.42 Å². The van der Waals surface area contributed by atoms with E-state index >= 15 is 0 Å². The van der Waals surface area contributed by atoms with Crippen molar-refractivity contribution in [3.8, 4) is 0 Å². The van der Waals surface area contributed by atoms with Crippen molar-refractivity contribution < 1.29 is 9.90 Å². The second-order valence-electron chi connectivity index (χ2n) is 5.74. The number of carbonyl (C=O) groups is 1. The fraction of sp³-hybridized carbons (Fsp3) is 0.909. The summed E-state index contributed by atoms with van der Waals surface area (Å²) in [7, 11) is 0. The summed E-state index contributed by atoms with van der Waals surface area (Å²) < 4.78 is 0. The summed E-state index contributed by atoms with van der Waals surface area (Å²) in [5.41, 5.74) is 5.35. The molecule has 14 heavy (non-hydrogen) atoms. The van der Waals surface area contributed by atoms with Gasteiger partial charge < -0.3 is 10.8 Å². The van der Waals surface area contributed by atoms with Crippen molar-refractivity contribution in [2.24, 2.45) is 22.0 Å². The first-order chi connectivity index (χ1) is 6.28. The molecule has 2 bridgehead atoms. The Labute approximate surface area is 84.7 Å². The molecule has 0 spiro atoms. The van der Waals surface area contributed by atoms with E-state index in [1.807, 2.05) is 0 Å². The minimum Gasteiger partial charge on any atom is -0.481 e. The molecule has 0 radical (unpaired) electrons. The van der Waals surface area contributed by atoms with Gasteiger partial charge in [-0.15, -0.1) is 0 Å². The third kappa shape index (κ3) is 0.724. The summed E-state index contributed by atoms with van der Waals surface area (Å²) in [5.74, 6) is -0.654. The van der Waals surface area contributed by atoms with E-state index in [4.69, 9.17) is 5.73 Å². The van der Waals surface area contributed by atoms with Crippen LogP contribution in [0.25, 0.3) is 0 Å². The summed E-state index contributed by atoms with van der Waals surface area (Å²) in [6.45, 7) is 6.29. The van der Waals surface area contributed by atoms with Gasteiger partial charge in [0.1, 0.15) is 0 Å². The van der Waals surface area contributed by atoms with Crippen LogP contribution >= 0.6 is 0 Å². The zero-order valence-electron chi connectivity index (χ0n) is 9.13. The van der Waals surface area contributed by atoms with Gasteiger partial charge in [0.2, 0.25) is 0 Å². The van der Waals surface area contributed by atoms with E-state index in [-0.39, 0.29) is 16.9 Å². The Kier molecular flexibility index (Phi) is 1.65. The largest absolute Gasteiger partial charge is 0.481 e. The third-order valence-electron chi connectivity index (χ3n) is 5.49. The molecule has 3 unspecified atom stereocenters. The molecule has 2 fully saturated rings. The van der Waals surface area contributed by atoms with Gasteiger partial charge in [-0.1, -0.05) is 20.8 Å². The zero-order valence-corrected chi connectivity index (χ0v) is 9.13. The number of aliphatic carboxylic acids is 1. The maximum atomic E-state index is 11.4. The number of hydrogen-bond acceptors (Lipinski definition) is 2. The summed E-state index contributed by atoms with van der Waals surface area (Å²) in [6.07, 6.45) is 2.39. The zero-order chi connectivity index (χ0) is 10.8. The van der Waals surface area contributed by atoms with E-state index in [2.05, 4.69) is 20.8 Å². The monoisotopic (exact) mass is 197 g/mol. The first kappa shape index (κ1) is 9.97. The Hall–Kier alpha value is -0.570. The Morgan fingerprint density at radius 1 is 1.36 bits per heavy atom. The highest BCUT2D eigenvalue weighted by molar-refractivity contribution is 5.77. The molecular weight excluding hydrogens is 178 g/mol. The van der Waals surface area contributed by atoms with Gasteiger partial charge in [0.15, 0.2) is 0 Å². The summed E-state index contributed by atoms with van der Waals surface area (Å²) in [6, 6.07) is 0.0438. The highest BCUT2D eigenvalue weighted by atomic mass is 16.4. The van der Waals surface area contributed by atoms with Gasteiger partial charge in [-0.3, -0.25) is 4.79 Å². The van der Waals surface area contributed by atoms with E-state index in [1.165, 1.54) is 0 Å². The Morgan fingerprint density at radius 2 is 1.93 bits per heavy atom. The average molecular weight is 197 g/mol. The Balaban J connectivity index is 2.54. The van der Waals surface area contributed by atoms with Gasteiger partial charge in [-0.25, -0.2) is 0 Å². The number of rotatable bonds is 1. The van der Waals surface area contributed by atoms with Crippen molar-refractivity contribution in [3.63, 3.8) is 0 Å². The molecule has 0 aromatic heterocycles. The maximum Gasteiger partial charge on any atom is 0.310 e. The highest BCUT2D eigenvalue weighted by Gasteiger charge is 2.71. The predicted molar refractivity (Wildman–Crippen MR) is 53.8 cm³/mol. The molecule has 3 N–H and O–H groups in total. The van der Waals surface area contributed by atoms with Crippen LogP contribution in [0.5, 0.6) is 0 Å². The van der Waals surface area contributed by atoms with Gasteiger partial charge in [0.25, 0.3) is 0 Å². The summed E-state index contributed by atoms with van der Waals surface area (Å²) >= 11 is 0. The van der Waals surface area contributed by atoms with Gasteiger partial charge in [-0.2, -0.15) is 0 Å². The lowest BCUT2D eigenvalue weighted by molar-refractivity contribution is -0.154. The molecule has 2 saturated carbocycles. The van der Waals surface area contributed by atoms with E-state index in [0.717, 1.165) is 12.8 Å². The van der Waals surface area contributed by atoms with Crippen molar-refractivity contribution in [2.75, 3.05) is 0 Å². The minimum absolute atomic E-state index is 0.00535. The molecule has 80 valence electrons. The lowest BCUT2D eigenvalue weighted by Crippen LogP contribution is -2.42. The van der Waals surface area contributed by atoms with Crippen LogP contribution in [-0.4, -0.2) is 17.1 Å². The molecule has 0 heterocycles. The van der Waals surface area contributed by atoms with Gasteiger partial charge >= 0.3 is 5.97 Å². The van der Waals surface area contributed by atoms with Crippen LogP contribution in [0, 0.1) is 16.2 Å². The number of carboxylic acid groups (broad SMARTS) is 1. The molecule has 0 aromatic rings. The second kappa shape index (κ2) is 2.32. The lowest BCUT2D eigenvalue weighted by Gasteiger charge is -2.39. The van der Waals surface area contributed by atoms with E-state index in [9.17, 15) is 9.90 Å². The van der Waals surface area contributed by atoms with E-state index in [1.54, 1.807) is 0 Å². The van der Waals surface area contributed by atoms with Gasteiger partial charge in [-0.05, 0) is 30.1 Å². The van der Waals surface area contributed by atoms with Crippen LogP contribution in [0.4, 0.5) is 0 Å². The van der Waals surface area contributed by atoms with Crippen molar-refractivity contribution in [1.29, 1.82) is 0 Å². The van der Waals surface area contributed by atoms with Crippen LogP contribution in [-0.2, 0) is 4.79 Å². The number of carboxylic acids is 1. The molecule has 0 amide bonds. The average Bonchev–Trinajstić information content (AvgIpc) is 2.34. The molecular formula is C11H19NO2. The van der Waals surface area contributed by atoms with Crippen LogP contribution in [0.15, 0.2) is 0 Å². The minimum atomic E-state index is -0.654. The fourth-order valence-electron chi connectivity index (χ4n) is 3.71. The SMILES string of the molecule is CC12CCC(C(=O)O)(CC1N)C2(C)C. The molecule has 2 aliphatic carbocycles. The molecule has 3 atom stereocenters.